The zero-order valence-electron chi connectivity index (χ0n) is 31.8. The first-order valence-electron chi connectivity index (χ1n) is 19.5. The molecule has 5 aliphatic rings. The van der Waals surface area contributed by atoms with Crippen molar-refractivity contribution in [2.24, 2.45) is 0 Å². The van der Waals surface area contributed by atoms with Crippen LogP contribution in [0.25, 0.3) is 0 Å². The highest BCUT2D eigenvalue weighted by atomic mass is 16.8. The summed E-state index contributed by atoms with van der Waals surface area (Å²) in [5, 5.41) is 0. The van der Waals surface area contributed by atoms with Crippen molar-refractivity contribution in [2.45, 2.75) is 36.0 Å². The van der Waals surface area contributed by atoms with Gasteiger partial charge < -0.3 is 66.6 Å². The summed E-state index contributed by atoms with van der Waals surface area (Å²) in [5.41, 5.74) is 1.17. The molecule has 0 N–H and O–H groups in total. The number of nitrogens with zero attached hydrogens (tertiary/aromatic N) is 2. The van der Waals surface area contributed by atoms with E-state index in [0.29, 0.717) is 90.3 Å². The first kappa shape index (κ1) is 41.1. The van der Waals surface area contributed by atoms with Gasteiger partial charge in [0.2, 0.25) is 11.6 Å². The number of hydrogen-bond acceptors (Lipinski definition) is 14. The molecular formula is C40H54N2O14. The van der Waals surface area contributed by atoms with Crippen molar-refractivity contribution in [1.29, 1.82) is 0 Å². The zero-order chi connectivity index (χ0) is 38.5. The van der Waals surface area contributed by atoms with Gasteiger partial charge >= 0.3 is 0 Å². The molecule has 6 bridgehead atoms. The average Bonchev–Trinajstić information content (AvgIpc) is 3.22. The predicted molar refractivity (Wildman–Crippen MR) is 196 cm³/mol. The van der Waals surface area contributed by atoms with Crippen LogP contribution in [-0.2, 0) is 56.8 Å². The van der Waals surface area contributed by atoms with Gasteiger partial charge in [0, 0.05) is 24.2 Å². The highest BCUT2D eigenvalue weighted by Crippen LogP contribution is 2.31. The van der Waals surface area contributed by atoms with Gasteiger partial charge in [0.1, 0.15) is 37.6 Å². The maximum absolute atomic E-state index is 13.6. The van der Waals surface area contributed by atoms with E-state index in [4.69, 9.17) is 56.8 Å². The van der Waals surface area contributed by atoms with E-state index in [1.54, 1.807) is 34.1 Å². The van der Waals surface area contributed by atoms with Gasteiger partial charge in [-0.25, -0.2) is 0 Å². The van der Waals surface area contributed by atoms with Crippen LogP contribution in [0.2, 0.25) is 0 Å². The number of carbonyl (C=O) groups is 2. The Bertz CT molecular complexity index is 1400. The van der Waals surface area contributed by atoms with Gasteiger partial charge in [0.15, 0.2) is 0 Å². The van der Waals surface area contributed by atoms with Crippen LogP contribution in [0.5, 0.6) is 0 Å². The van der Waals surface area contributed by atoms with E-state index in [2.05, 4.69) is 0 Å². The number of benzene rings is 2. The molecule has 2 aromatic carbocycles. The topological polar surface area (TPSA) is 151 Å². The summed E-state index contributed by atoms with van der Waals surface area (Å²) in [7, 11) is 0. The van der Waals surface area contributed by atoms with Crippen molar-refractivity contribution in [1.82, 2.24) is 9.80 Å². The third-order valence-corrected chi connectivity index (χ3v) is 9.81. The van der Waals surface area contributed by atoms with E-state index < -0.39 is 36.0 Å². The molecule has 16 heteroatoms. The summed E-state index contributed by atoms with van der Waals surface area (Å²) < 4.78 is 73.1. The third kappa shape index (κ3) is 11.5. The van der Waals surface area contributed by atoms with Gasteiger partial charge in [-0.15, -0.1) is 0 Å². The summed E-state index contributed by atoms with van der Waals surface area (Å²) >= 11 is 0. The molecule has 0 radical (unpaired) electrons. The Morgan fingerprint density at radius 3 is 1.14 bits per heavy atom. The molecular weight excluding hydrogens is 732 g/mol. The number of rotatable bonds is 2. The second kappa shape index (κ2) is 20.5. The van der Waals surface area contributed by atoms with E-state index in [0.717, 1.165) is 0 Å². The second-order valence-corrected chi connectivity index (χ2v) is 14.4. The third-order valence-electron chi connectivity index (χ3n) is 9.81. The van der Waals surface area contributed by atoms with Gasteiger partial charge in [0.05, 0.1) is 106 Å². The van der Waals surface area contributed by atoms with Crippen LogP contribution < -0.4 is 0 Å². The zero-order valence-corrected chi connectivity index (χ0v) is 31.8. The first-order chi connectivity index (χ1) is 27.5. The number of amides is 2. The molecule has 0 aromatic heterocycles. The van der Waals surface area contributed by atoms with Crippen molar-refractivity contribution in [3.63, 3.8) is 0 Å². The minimum absolute atomic E-state index is 0.119. The Labute approximate surface area is 327 Å². The van der Waals surface area contributed by atoms with Crippen LogP contribution in [0.4, 0.5) is 0 Å². The minimum atomic E-state index is -1.17. The van der Waals surface area contributed by atoms with E-state index in [1.807, 2.05) is 36.4 Å². The Kier molecular flexibility index (Phi) is 15.1. The highest BCUT2D eigenvalue weighted by Gasteiger charge is 2.49. The molecule has 2 spiro atoms. The fourth-order valence-corrected chi connectivity index (χ4v) is 7.39. The van der Waals surface area contributed by atoms with Crippen molar-refractivity contribution < 1.29 is 66.4 Å². The normalized spacial score (nSPS) is 32.4. The molecule has 2 aromatic rings. The Morgan fingerprint density at radius 1 is 0.429 bits per heavy atom. The van der Waals surface area contributed by atoms with Gasteiger partial charge in [0.25, 0.3) is 11.8 Å². The minimum Gasteiger partial charge on any atom is -0.377 e. The lowest BCUT2D eigenvalue weighted by Gasteiger charge is -2.48. The number of morpholine rings is 2. The lowest BCUT2D eigenvalue weighted by Crippen LogP contribution is -2.64. The van der Waals surface area contributed by atoms with Crippen LogP contribution in [0.3, 0.4) is 0 Å². The second-order valence-electron chi connectivity index (χ2n) is 14.4. The summed E-state index contributed by atoms with van der Waals surface area (Å²) in [6.07, 6.45) is -1.75. The SMILES string of the molecule is O=C(c1ccccc1)N1CC2COCCOCCOCC3COCC4(CN(C(=O)c5ccccc5)CC(COCCOCCOCC5COCC(C1)(O5)O2)O4)O3. The summed E-state index contributed by atoms with van der Waals surface area (Å²) in [5.74, 6) is -2.58. The average molecular weight is 787 g/mol. The standard InChI is InChI=1S/C40H54N2O14/c43-37(31-7-3-1-4-8-31)41-19-33-21-47-15-11-45-14-18-50-24-36-26-52-30-40(56-36)28-42(38(44)32-9-5-2-6-10-32)20-34(54-40)22-48-16-12-46-13-17-49-23-35-25-51-29-39(27-41,53-33)55-35/h1-10,33-36H,11-30H2. The maximum Gasteiger partial charge on any atom is 0.254 e. The van der Waals surface area contributed by atoms with Crippen LogP contribution >= 0.6 is 0 Å². The fraction of sp³-hybridized carbons (Fsp3) is 0.650. The van der Waals surface area contributed by atoms with Crippen LogP contribution in [0.1, 0.15) is 20.7 Å². The summed E-state index contributed by atoms with van der Waals surface area (Å²) in [6.45, 7) is 5.67. The molecule has 5 saturated heterocycles. The predicted octanol–water partition coefficient (Wildman–Crippen LogP) is 1.41. The largest absolute Gasteiger partial charge is 0.377 e. The molecule has 5 fully saturated rings. The molecule has 5 heterocycles. The van der Waals surface area contributed by atoms with E-state index in [-0.39, 0.29) is 64.5 Å². The molecule has 16 nitrogen and oxygen atoms in total. The summed E-state index contributed by atoms with van der Waals surface area (Å²) in [6, 6.07) is 18.3. The molecule has 5 aliphatic heterocycles. The number of hydrogen-bond donors (Lipinski definition) is 0. The number of fused-ring (bicyclic) bond motifs is 4. The van der Waals surface area contributed by atoms with Crippen LogP contribution in [0, 0.1) is 0 Å². The Morgan fingerprint density at radius 2 is 0.750 bits per heavy atom. The highest BCUT2D eigenvalue weighted by molar-refractivity contribution is 5.94. The first-order valence-corrected chi connectivity index (χ1v) is 19.5. The maximum atomic E-state index is 13.6. The van der Waals surface area contributed by atoms with Crippen molar-refractivity contribution in [2.75, 3.05) is 132 Å². The van der Waals surface area contributed by atoms with Gasteiger partial charge in [-0.2, -0.15) is 0 Å². The van der Waals surface area contributed by atoms with Crippen molar-refractivity contribution in [3.8, 4) is 0 Å². The van der Waals surface area contributed by atoms with Gasteiger partial charge in [-0.3, -0.25) is 9.59 Å². The molecule has 2 amide bonds. The summed E-state index contributed by atoms with van der Waals surface area (Å²) in [4.78, 5) is 30.6. The molecule has 0 saturated carbocycles. The van der Waals surface area contributed by atoms with Crippen molar-refractivity contribution in [3.05, 3.63) is 71.8 Å². The molecule has 7 rings (SSSR count). The lowest BCUT2D eigenvalue weighted by atomic mass is 10.1. The van der Waals surface area contributed by atoms with Crippen LogP contribution in [0.15, 0.2) is 60.7 Å². The molecule has 6 atom stereocenters. The number of ether oxygens (including phenoxy) is 12. The van der Waals surface area contributed by atoms with Crippen molar-refractivity contribution >= 4 is 11.8 Å². The molecule has 6 unspecified atom stereocenters. The van der Waals surface area contributed by atoms with Gasteiger partial charge in [-0.1, -0.05) is 36.4 Å². The van der Waals surface area contributed by atoms with E-state index in [9.17, 15) is 9.59 Å². The lowest BCUT2D eigenvalue weighted by molar-refractivity contribution is -0.355. The fourth-order valence-electron chi connectivity index (χ4n) is 7.39. The van der Waals surface area contributed by atoms with E-state index in [1.165, 1.54) is 0 Å². The molecule has 0 aliphatic carbocycles. The monoisotopic (exact) mass is 786 g/mol. The number of carbonyl (C=O) groups excluding carboxylic acids is 2. The smallest absolute Gasteiger partial charge is 0.254 e. The van der Waals surface area contributed by atoms with E-state index >= 15 is 0 Å². The van der Waals surface area contributed by atoms with Gasteiger partial charge in [-0.05, 0) is 24.3 Å². The molecule has 308 valence electrons. The Balaban J connectivity index is 0.955. The van der Waals surface area contributed by atoms with Crippen LogP contribution in [-0.4, -0.2) is 189 Å². The quantitative estimate of drug-likeness (QED) is 0.432. The molecule has 56 heavy (non-hydrogen) atoms. The Hall–Kier alpha value is -3.10.